The Hall–Kier alpha value is -1.55. The van der Waals surface area contributed by atoms with Crippen molar-refractivity contribution in [1.29, 1.82) is 0 Å². The minimum absolute atomic E-state index is 0.171. The zero-order valence-electron chi connectivity index (χ0n) is 14.7. The summed E-state index contributed by atoms with van der Waals surface area (Å²) in [6.07, 6.45) is 0. The molecule has 0 aliphatic carbocycles. The normalized spacial score (nSPS) is 16.6. The highest BCUT2D eigenvalue weighted by molar-refractivity contribution is 7.89. The number of anilines is 1. The first-order valence-electron chi connectivity index (χ1n) is 8.11. The van der Waals surface area contributed by atoms with Gasteiger partial charge in [0.05, 0.1) is 4.90 Å². The molecule has 2 rings (SSSR count). The number of carbonyl (C=O) groups is 1. The smallest absolute Gasteiger partial charge is 0.243 e. The number of rotatable bonds is 4. The summed E-state index contributed by atoms with van der Waals surface area (Å²) in [6, 6.07) is 6.36. The van der Waals surface area contributed by atoms with Gasteiger partial charge in [0, 0.05) is 37.8 Å². The lowest BCUT2D eigenvalue weighted by Crippen LogP contribution is -2.46. The van der Waals surface area contributed by atoms with Crippen LogP contribution in [0.4, 0.5) is 5.69 Å². The van der Waals surface area contributed by atoms with E-state index in [0.717, 1.165) is 13.1 Å². The van der Waals surface area contributed by atoms with Crippen molar-refractivity contribution in [3.63, 3.8) is 0 Å². The molecule has 7 nitrogen and oxygen atoms in total. The molecule has 0 bridgehead atoms. The third-order valence-corrected chi connectivity index (χ3v) is 6.09. The van der Waals surface area contributed by atoms with Crippen LogP contribution in [0, 0.1) is 5.92 Å². The maximum absolute atomic E-state index is 12.7. The fourth-order valence-corrected chi connectivity index (χ4v) is 3.95. The van der Waals surface area contributed by atoms with Crippen LogP contribution in [0.25, 0.3) is 0 Å². The van der Waals surface area contributed by atoms with E-state index in [-0.39, 0.29) is 21.8 Å². The van der Waals surface area contributed by atoms with Crippen molar-refractivity contribution in [2.75, 3.05) is 38.5 Å². The van der Waals surface area contributed by atoms with Crippen LogP contribution >= 0.6 is 12.2 Å². The van der Waals surface area contributed by atoms with Crippen molar-refractivity contribution in [2.24, 2.45) is 5.92 Å². The third-order valence-electron chi connectivity index (χ3n) is 3.97. The van der Waals surface area contributed by atoms with Crippen LogP contribution in [0.3, 0.4) is 0 Å². The Labute approximate surface area is 154 Å². The third kappa shape index (κ3) is 5.21. The summed E-state index contributed by atoms with van der Waals surface area (Å²) < 4.78 is 26.8. The highest BCUT2D eigenvalue weighted by Crippen LogP contribution is 2.19. The summed E-state index contributed by atoms with van der Waals surface area (Å²) in [5.74, 6) is -0.345. The van der Waals surface area contributed by atoms with Crippen LogP contribution in [0.5, 0.6) is 0 Å². The Morgan fingerprint density at radius 2 is 1.68 bits per heavy atom. The van der Waals surface area contributed by atoms with Crippen molar-refractivity contribution in [3.05, 3.63) is 24.3 Å². The van der Waals surface area contributed by atoms with Gasteiger partial charge in [-0.05, 0) is 43.5 Å². The van der Waals surface area contributed by atoms with E-state index >= 15 is 0 Å². The number of hydrogen-bond donors (Lipinski definition) is 2. The molecule has 0 radical (unpaired) electrons. The van der Waals surface area contributed by atoms with Crippen LogP contribution in [0.2, 0.25) is 0 Å². The first kappa shape index (κ1) is 19.8. The van der Waals surface area contributed by atoms with Gasteiger partial charge in [0.1, 0.15) is 0 Å². The number of likely N-dealkylation sites (N-methyl/N-ethyl adjacent to an activating group) is 1. The maximum Gasteiger partial charge on any atom is 0.243 e. The van der Waals surface area contributed by atoms with Gasteiger partial charge >= 0.3 is 0 Å². The fourth-order valence-electron chi connectivity index (χ4n) is 2.31. The molecule has 0 saturated carbocycles. The quantitative estimate of drug-likeness (QED) is 0.757. The molecule has 0 unspecified atom stereocenters. The number of nitrogens with zero attached hydrogens (tertiary/aromatic N) is 2. The standard InChI is InChI=1S/C16H24N4O3S2/c1-12(2)15(21)18-16(24)17-13-4-6-14(7-5-13)25(22,23)20-10-8-19(3)9-11-20/h4-7,12H,8-11H2,1-3H3,(H2,17,18,21,24). The van der Waals surface area contributed by atoms with Gasteiger partial charge in [0.15, 0.2) is 5.11 Å². The van der Waals surface area contributed by atoms with Crippen molar-refractivity contribution in [3.8, 4) is 0 Å². The SMILES string of the molecule is CC(C)C(=O)NC(=S)Nc1ccc(S(=O)(=O)N2CCN(C)CC2)cc1. The molecule has 1 aromatic carbocycles. The number of nitrogens with one attached hydrogen (secondary N) is 2. The number of piperazine rings is 1. The fraction of sp³-hybridized carbons (Fsp3) is 0.500. The number of benzene rings is 1. The van der Waals surface area contributed by atoms with Gasteiger partial charge in [-0.2, -0.15) is 4.31 Å². The molecule has 0 aromatic heterocycles. The first-order valence-corrected chi connectivity index (χ1v) is 9.95. The van der Waals surface area contributed by atoms with E-state index in [2.05, 4.69) is 15.5 Å². The molecule has 1 amide bonds. The molecule has 9 heteroatoms. The number of carbonyl (C=O) groups excluding carboxylic acids is 1. The van der Waals surface area contributed by atoms with Gasteiger partial charge in [-0.3, -0.25) is 4.79 Å². The summed E-state index contributed by atoms with van der Waals surface area (Å²) in [5, 5.41) is 5.64. The highest BCUT2D eigenvalue weighted by atomic mass is 32.2. The molecule has 2 N–H and O–H groups in total. The zero-order valence-corrected chi connectivity index (χ0v) is 16.3. The van der Waals surface area contributed by atoms with E-state index < -0.39 is 10.0 Å². The molecule has 1 aliphatic heterocycles. The van der Waals surface area contributed by atoms with Crippen LogP contribution < -0.4 is 10.6 Å². The molecule has 1 saturated heterocycles. The molecule has 1 fully saturated rings. The predicted molar refractivity (Wildman–Crippen MR) is 102 cm³/mol. The van der Waals surface area contributed by atoms with Crippen molar-refractivity contribution in [2.45, 2.75) is 18.7 Å². The minimum atomic E-state index is -3.48. The Balaban J connectivity index is 2.01. The average molecular weight is 385 g/mol. The second-order valence-corrected chi connectivity index (χ2v) is 8.68. The summed E-state index contributed by atoms with van der Waals surface area (Å²) in [4.78, 5) is 14.0. The summed E-state index contributed by atoms with van der Waals surface area (Å²) in [5.41, 5.74) is 0.617. The van der Waals surface area contributed by atoms with Gasteiger partial charge in [-0.1, -0.05) is 13.8 Å². The highest BCUT2D eigenvalue weighted by Gasteiger charge is 2.27. The molecule has 1 aromatic rings. The van der Waals surface area contributed by atoms with Crippen LogP contribution in [-0.4, -0.2) is 61.9 Å². The topological polar surface area (TPSA) is 81.8 Å². The first-order chi connectivity index (χ1) is 11.7. The van der Waals surface area contributed by atoms with Gasteiger partial charge in [-0.15, -0.1) is 0 Å². The lowest BCUT2D eigenvalue weighted by molar-refractivity contribution is -0.122. The Morgan fingerprint density at radius 1 is 1.12 bits per heavy atom. The Morgan fingerprint density at radius 3 is 2.20 bits per heavy atom. The van der Waals surface area contributed by atoms with E-state index in [9.17, 15) is 13.2 Å². The molecule has 138 valence electrons. The monoisotopic (exact) mass is 384 g/mol. The van der Waals surface area contributed by atoms with Crippen LogP contribution in [0.1, 0.15) is 13.8 Å². The Kier molecular flexibility index (Phi) is 6.50. The van der Waals surface area contributed by atoms with Crippen molar-refractivity contribution in [1.82, 2.24) is 14.5 Å². The van der Waals surface area contributed by atoms with Crippen molar-refractivity contribution >= 4 is 38.9 Å². The number of sulfonamides is 1. The zero-order chi connectivity index (χ0) is 18.6. The van der Waals surface area contributed by atoms with Crippen LogP contribution in [-0.2, 0) is 14.8 Å². The molecule has 0 atom stereocenters. The molecule has 1 heterocycles. The lowest BCUT2D eigenvalue weighted by atomic mass is 10.2. The maximum atomic E-state index is 12.7. The largest absolute Gasteiger partial charge is 0.332 e. The molecular formula is C16H24N4O3S2. The Bertz CT molecular complexity index is 724. The average Bonchev–Trinajstić information content (AvgIpc) is 2.55. The number of hydrogen-bond acceptors (Lipinski definition) is 5. The van der Waals surface area contributed by atoms with Gasteiger partial charge < -0.3 is 15.5 Å². The molecule has 1 aliphatic rings. The summed E-state index contributed by atoms with van der Waals surface area (Å²) >= 11 is 5.08. The number of amides is 1. The second-order valence-electron chi connectivity index (χ2n) is 6.33. The molecular weight excluding hydrogens is 360 g/mol. The van der Waals surface area contributed by atoms with Crippen LogP contribution in [0.15, 0.2) is 29.2 Å². The molecule has 25 heavy (non-hydrogen) atoms. The van der Waals surface area contributed by atoms with E-state index in [1.165, 1.54) is 4.31 Å². The van der Waals surface area contributed by atoms with E-state index in [1.807, 2.05) is 7.05 Å². The minimum Gasteiger partial charge on any atom is -0.332 e. The van der Waals surface area contributed by atoms with Crippen molar-refractivity contribution < 1.29 is 13.2 Å². The summed E-state index contributed by atoms with van der Waals surface area (Å²) in [7, 11) is -1.51. The second kappa shape index (κ2) is 8.22. The van der Waals surface area contributed by atoms with Gasteiger partial charge in [0.25, 0.3) is 0 Å². The van der Waals surface area contributed by atoms with E-state index in [1.54, 1.807) is 38.1 Å². The van der Waals surface area contributed by atoms with E-state index in [0.29, 0.717) is 18.8 Å². The molecule has 0 spiro atoms. The number of thiocarbonyl (C=S) groups is 1. The van der Waals surface area contributed by atoms with Gasteiger partial charge in [-0.25, -0.2) is 8.42 Å². The predicted octanol–water partition coefficient (Wildman–Crippen LogP) is 1.09. The summed E-state index contributed by atoms with van der Waals surface area (Å²) in [6.45, 7) is 5.98. The lowest BCUT2D eigenvalue weighted by Gasteiger charge is -2.31. The van der Waals surface area contributed by atoms with Gasteiger partial charge in [0.2, 0.25) is 15.9 Å². The van der Waals surface area contributed by atoms with E-state index in [4.69, 9.17) is 12.2 Å².